The van der Waals surface area contributed by atoms with E-state index in [2.05, 4.69) is 25.3 Å². The molecule has 0 fully saturated rings. The summed E-state index contributed by atoms with van der Waals surface area (Å²) in [5.74, 6) is 1.47. The second-order valence-electron chi connectivity index (χ2n) is 6.60. The summed E-state index contributed by atoms with van der Waals surface area (Å²) in [5, 5.41) is 15.9. The Bertz CT molecular complexity index is 873. The summed E-state index contributed by atoms with van der Waals surface area (Å²) in [5.41, 5.74) is 1.06. The van der Waals surface area contributed by atoms with E-state index in [1.165, 1.54) is 6.07 Å². The number of rotatable bonds is 5. The average molecular weight is 347 g/mol. The highest BCUT2D eigenvalue weighted by Crippen LogP contribution is 2.23. The molecule has 0 atom stereocenters. The zero-order valence-corrected chi connectivity index (χ0v) is 14.2. The monoisotopic (exact) mass is 347 g/mol. The number of para-hydroxylation sites is 1. The molecule has 0 amide bonds. The summed E-state index contributed by atoms with van der Waals surface area (Å²) in [4.78, 5) is 0. The number of ether oxygens (including phenoxy) is 1. The maximum atomic E-state index is 12.5. The number of hydrogen-bond acceptors (Lipinski definition) is 5. The molecule has 8 heteroatoms. The Balaban J connectivity index is 1.82. The smallest absolute Gasteiger partial charge is 0.387 e. The minimum atomic E-state index is -2.86. The van der Waals surface area contributed by atoms with E-state index >= 15 is 0 Å². The number of hydrogen-bond donors (Lipinski definition) is 1. The highest BCUT2D eigenvalue weighted by atomic mass is 19.3. The first-order valence-electron chi connectivity index (χ1n) is 7.84. The Hall–Kier alpha value is -2.77. The summed E-state index contributed by atoms with van der Waals surface area (Å²) >= 11 is 0. The third-order valence-corrected chi connectivity index (χ3v) is 3.58. The molecule has 3 rings (SSSR count). The Morgan fingerprint density at radius 3 is 2.60 bits per heavy atom. The molecule has 2 heterocycles. The molecule has 0 aliphatic heterocycles. The van der Waals surface area contributed by atoms with Crippen LogP contribution in [0.3, 0.4) is 0 Å². The zero-order valence-electron chi connectivity index (χ0n) is 14.2. The quantitative estimate of drug-likeness (QED) is 0.763. The van der Waals surface area contributed by atoms with E-state index in [0.29, 0.717) is 23.6 Å². The van der Waals surface area contributed by atoms with Crippen LogP contribution in [0.2, 0.25) is 0 Å². The Morgan fingerprint density at radius 2 is 1.88 bits per heavy atom. The molecule has 0 spiro atoms. The average Bonchev–Trinajstić information content (AvgIpc) is 2.97. The van der Waals surface area contributed by atoms with Gasteiger partial charge in [-0.3, -0.25) is 0 Å². The first-order valence-corrected chi connectivity index (χ1v) is 7.84. The van der Waals surface area contributed by atoms with Crippen molar-refractivity contribution in [3.05, 3.63) is 47.8 Å². The van der Waals surface area contributed by atoms with Gasteiger partial charge in [-0.05, 0) is 18.2 Å². The lowest BCUT2D eigenvalue weighted by atomic mass is 9.96. The van der Waals surface area contributed by atoms with Gasteiger partial charge < -0.3 is 10.1 Å². The third kappa shape index (κ3) is 3.84. The van der Waals surface area contributed by atoms with Gasteiger partial charge >= 0.3 is 6.61 Å². The number of halogens is 2. The van der Waals surface area contributed by atoms with E-state index in [1.54, 1.807) is 34.8 Å². The van der Waals surface area contributed by atoms with Crippen LogP contribution in [0.1, 0.15) is 32.2 Å². The molecule has 0 aliphatic rings. The van der Waals surface area contributed by atoms with Crippen LogP contribution in [-0.2, 0) is 12.0 Å². The molecule has 0 radical (unpaired) electrons. The van der Waals surface area contributed by atoms with Crippen LogP contribution in [0, 0.1) is 0 Å². The Kier molecular flexibility index (Phi) is 4.52. The molecule has 2 aromatic heterocycles. The maximum Gasteiger partial charge on any atom is 0.387 e. The van der Waals surface area contributed by atoms with Crippen LogP contribution in [0.25, 0.3) is 5.65 Å². The molecule has 0 aliphatic carbocycles. The molecule has 1 aromatic carbocycles. The number of benzene rings is 1. The number of nitrogens with one attached hydrogen (secondary N) is 1. The van der Waals surface area contributed by atoms with Crippen molar-refractivity contribution in [2.24, 2.45) is 0 Å². The lowest BCUT2D eigenvalue weighted by Crippen LogP contribution is -2.17. The summed E-state index contributed by atoms with van der Waals surface area (Å²) in [6.07, 6.45) is 0. The molecular weight excluding hydrogens is 328 g/mol. The van der Waals surface area contributed by atoms with E-state index in [4.69, 9.17) is 0 Å². The molecule has 3 aromatic rings. The molecule has 25 heavy (non-hydrogen) atoms. The predicted octanol–water partition coefficient (Wildman–Crippen LogP) is 3.64. The van der Waals surface area contributed by atoms with E-state index in [9.17, 15) is 8.78 Å². The van der Waals surface area contributed by atoms with Crippen molar-refractivity contribution in [3.63, 3.8) is 0 Å². The second-order valence-corrected chi connectivity index (χ2v) is 6.60. The minimum absolute atomic E-state index is 0.144. The van der Waals surface area contributed by atoms with Crippen LogP contribution in [0.15, 0.2) is 36.4 Å². The van der Waals surface area contributed by atoms with Crippen molar-refractivity contribution in [1.82, 2.24) is 19.8 Å². The van der Waals surface area contributed by atoms with Gasteiger partial charge in [0.25, 0.3) is 0 Å². The summed E-state index contributed by atoms with van der Waals surface area (Å²) in [6.45, 7) is 3.53. The number of fused-ring (bicyclic) bond motifs is 1. The standard InChI is InChI=1S/C17H19F2N5O/c1-17(2,3)15-22-21-14-9-8-13(23-24(14)15)20-10-11-6-4-5-7-12(11)25-16(18)19/h4-9,16H,10H2,1-3H3,(H,20,23). The fourth-order valence-corrected chi connectivity index (χ4v) is 2.40. The van der Waals surface area contributed by atoms with Crippen LogP contribution in [0.4, 0.5) is 14.6 Å². The van der Waals surface area contributed by atoms with Crippen molar-refractivity contribution in [2.75, 3.05) is 5.32 Å². The van der Waals surface area contributed by atoms with Crippen molar-refractivity contribution in [1.29, 1.82) is 0 Å². The third-order valence-electron chi connectivity index (χ3n) is 3.58. The van der Waals surface area contributed by atoms with Gasteiger partial charge in [0.05, 0.1) is 0 Å². The Morgan fingerprint density at radius 1 is 1.12 bits per heavy atom. The van der Waals surface area contributed by atoms with Crippen molar-refractivity contribution < 1.29 is 13.5 Å². The van der Waals surface area contributed by atoms with Gasteiger partial charge in [0.2, 0.25) is 0 Å². The summed E-state index contributed by atoms with van der Waals surface area (Å²) < 4.78 is 31.2. The van der Waals surface area contributed by atoms with Gasteiger partial charge in [-0.15, -0.1) is 15.3 Å². The molecule has 132 valence electrons. The maximum absolute atomic E-state index is 12.5. The highest BCUT2D eigenvalue weighted by Gasteiger charge is 2.21. The van der Waals surface area contributed by atoms with Crippen LogP contribution >= 0.6 is 0 Å². The number of nitrogens with zero attached hydrogens (tertiary/aromatic N) is 4. The van der Waals surface area contributed by atoms with Gasteiger partial charge in [-0.1, -0.05) is 39.0 Å². The predicted molar refractivity (Wildman–Crippen MR) is 89.9 cm³/mol. The van der Waals surface area contributed by atoms with Gasteiger partial charge in [0.1, 0.15) is 11.6 Å². The first kappa shape index (κ1) is 17.1. The van der Waals surface area contributed by atoms with Crippen LogP contribution in [0.5, 0.6) is 5.75 Å². The van der Waals surface area contributed by atoms with E-state index in [0.717, 1.165) is 5.82 Å². The van der Waals surface area contributed by atoms with Crippen LogP contribution in [-0.4, -0.2) is 26.4 Å². The van der Waals surface area contributed by atoms with Gasteiger partial charge in [-0.25, -0.2) is 0 Å². The Labute approximate surface area is 143 Å². The highest BCUT2D eigenvalue weighted by molar-refractivity contribution is 5.45. The normalized spacial score (nSPS) is 11.9. The second kappa shape index (κ2) is 6.62. The summed E-state index contributed by atoms with van der Waals surface area (Å²) in [6, 6.07) is 10.2. The molecule has 0 unspecified atom stereocenters. The minimum Gasteiger partial charge on any atom is -0.434 e. The SMILES string of the molecule is CC(C)(C)c1nnc2ccc(NCc3ccccc3OC(F)F)nn12. The first-order chi connectivity index (χ1) is 11.8. The topological polar surface area (TPSA) is 64.3 Å². The zero-order chi connectivity index (χ0) is 18.0. The van der Waals surface area contributed by atoms with E-state index in [-0.39, 0.29) is 11.2 Å². The lowest BCUT2D eigenvalue weighted by molar-refractivity contribution is -0.0504. The molecule has 1 N–H and O–H groups in total. The fourth-order valence-electron chi connectivity index (χ4n) is 2.40. The van der Waals surface area contributed by atoms with Crippen molar-refractivity contribution >= 4 is 11.5 Å². The fraction of sp³-hybridized carbons (Fsp3) is 0.353. The number of anilines is 1. The lowest BCUT2D eigenvalue weighted by Gasteiger charge is -2.15. The van der Waals surface area contributed by atoms with Crippen LogP contribution < -0.4 is 10.1 Å². The number of aromatic nitrogens is 4. The largest absolute Gasteiger partial charge is 0.434 e. The van der Waals surface area contributed by atoms with Gasteiger partial charge in [0.15, 0.2) is 11.5 Å². The molecule has 0 saturated carbocycles. The summed E-state index contributed by atoms with van der Waals surface area (Å²) in [7, 11) is 0. The molecular formula is C17H19F2N5O. The van der Waals surface area contributed by atoms with E-state index in [1.807, 2.05) is 20.8 Å². The molecule has 0 bridgehead atoms. The molecule has 6 nitrogen and oxygen atoms in total. The van der Waals surface area contributed by atoms with Crippen molar-refractivity contribution in [3.8, 4) is 5.75 Å². The van der Waals surface area contributed by atoms with E-state index < -0.39 is 6.61 Å². The van der Waals surface area contributed by atoms with Crippen molar-refractivity contribution in [2.45, 2.75) is 39.3 Å². The molecule has 0 saturated heterocycles. The van der Waals surface area contributed by atoms with Gasteiger partial charge in [-0.2, -0.15) is 13.3 Å². The van der Waals surface area contributed by atoms with Gasteiger partial charge in [0, 0.05) is 17.5 Å². The number of alkyl halides is 2.